The van der Waals surface area contributed by atoms with Gasteiger partial charge in [-0.05, 0) is 32.6 Å². The lowest BCUT2D eigenvalue weighted by Gasteiger charge is -2.21. The molecule has 1 aromatic rings. The van der Waals surface area contributed by atoms with Crippen molar-refractivity contribution < 1.29 is 4.74 Å². The summed E-state index contributed by atoms with van der Waals surface area (Å²) >= 11 is 0. The van der Waals surface area contributed by atoms with Crippen molar-refractivity contribution in [2.24, 2.45) is 5.92 Å². The van der Waals surface area contributed by atoms with Crippen LogP contribution in [0.4, 0.5) is 11.6 Å². The maximum absolute atomic E-state index is 5.14. The first-order valence-electron chi connectivity index (χ1n) is 7.60. The van der Waals surface area contributed by atoms with Crippen LogP contribution in [-0.2, 0) is 11.3 Å². The molecule has 0 radical (unpaired) electrons. The van der Waals surface area contributed by atoms with Gasteiger partial charge in [0.2, 0.25) is 0 Å². The highest BCUT2D eigenvalue weighted by molar-refractivity contribution is 5.48. The summed E-state index contributed by atoms with van der Waals surface area (Å²) in [5, 5.41) is 6.78. The third-order valence-electron chi connectivity index (χ3n) is 3.89. The molecule has 1 aliphatic rings. The molecule has 0 aromatic carbocycles. The molecule has 0 aliphatic heterocycles. The number of nitrogens with zero attached hydrogens (tertiary/aromatic N) is 2. The number of ether oxygens (including phenoxy) is 1. The fourth-order valence-corrected chi connectivity index (χ4v) is 2.84. The molecule has 0 spiro atoms. The SMILES string of the molecule is CCNc1cc(NC(C)C2CCCC2)nc(COC)n1. The summed E-state index contributed by atoms with van der Waals surface area (Å²) in [6.07, 6.45) is 5.37. The molecule has 5 nitrogen and oxygen atoms in total. The molecule has 0 saturated heterocycles. The molecule has 1 saturated carbocycles. The monoisotopic (exact) mass is 278 g/mol. The van der Waals surface area contributed by atoms with Gasteiger partial charge in [0, 0.05) is 25.8 Å². The Labute approximate surface area is 121 Å². The molecule has 1 atom stereocenters. The number of aromatic nitrogens is 2. The Morgan fingerprint density at radius 3 is 2.65 bits per heavy atom. The molecule has 0 bridgehead atoms. The lowest BCUT2D eigenvalue weighted by molar-refractivity contribution is 0.178. The molecule has 20 heavy (non-hydrogen) atoms. The summed E-state index contributed by atoms with van der Waals surface area (Å²) in [6.45, 7) is 5.60. The van der Waals surface area contributed by atoms with Crippen LogP contribution in [0.5, 0.6) is 0 Å². The van der Waals surface area contributed by atoms with Gasteiger partial charge in [-0.15, -0.1) is 0 Å². The van der Waals surface area contributed by atoms with Gasteiger partial charge in [0.05, 0.1) is 0 Å². The van der Waals surface area contributed by atoms with E-state index in [1.807, 2.05) is 6.07 Å². The fraction of sp³-hybridized carbons (Fsp3) is 0.733. The zero-order valence-corrected chi connectivity index (χ0v) is 12.8. The van der Waals surface area contributed by atoms with Crippen LogP contribution in [-0.4, -0.2) is 29.7 Å². The van der Waals surface area contributed by atoms with Crippen LogP contribution in [0.1, 0.15) is 45.4 Å². The molecular weight excluding hydrogens is 252 g/mol. The predicted octanol–water partition coefficient (Wildman–Crippen LogP) is 3.05. The van der Waals surface area contributed by atoms with Gasteiger partial charge in [0.25, 0.3) is 0 Å². The van der Waals surface area contributed by atoms with E-state index in [2.05, 4.69) is 34.4 Å². The maximum atomic E-state index is 5.14. The summed E-state index contributed by atoms with van der Waals surface area (Å²) in [4.78, 5) is 8.96. The average molecular weight is 278 g/mol. The van der Waals surface area contributed by atoms with E-state index in [0.29, 0.717) is 18.5 Å². The Balaban J connectivity index is 2.07. The fourth-order valence-electron chi connectivity index (χ4n) is 2.84. The highest BCUT2D eigenvalue weighted by Gasteiger charge is 2.21. The molecule has 1 unspecified atom stereocenters. The number of hydrogen-bond donors (Lipinski definition) is 2. The molecule has 112 valence electrons. The number of rotatable bonds is 7. The van der Waals surface area contributed by atoms with Gasteiger partial charge in [-0.1, -0.05) is 12.8 Å². The second kappa shape index (κ2) is 7.43. The van der Waals surface area contributed by atoms with E-state index in [4.69, 9.17) is 4.74 Å². The van der Waals surface area contributed by atoms with E-state index in [1.54, 1.807) is 7.11 Å². The van der Waals surface area contributed by atoms with Crippen LogP contribution in [0.15, 0.2) is 6.07 Å². The second-order valence-corrected chi connectivity index (χ2v) is 5.50. The topological polar surface area (TPSA) is 59.1 Å². The van der Waals surface area contributed by atoms with Crippen molar-refractivity contribution in [3.8, 4) is 0 Å². The summed E-state index contributed by atoms with van der Waals surface area (Å²) in [5.74, 6) is 3.23. The average Bonchev–Trinajstić information content (AvgIpc) is 2.93. The molecule has 1 aliphatic carbocycles. The molecular formula is C15H26N4O. The predicted molar refractivity (Wildman–Crippen MR) is 82.0 cm³/mol. The van der Waals surface area contributed by atoms with E-state index in [0.717, 1.165) is 24.1 Å². The quantitative estimate of drug-likeness (QED) is 0.803. The Hall–Kier alpha value is -1.36. The minimum atomic E-state index is 0.436. The van der Waals surface area contributed by atoms with Crippen molar-refractivity contribution in [2.75, 3.05) is 24.3 Å². The van der Waals surface area contributed by atoms with Crippen LogP contribution < -0.4 is 10.6 Å². The molecule has 0 amide bonds. The maximum Gasteiger partial charge on any atom is 0.158 e. The Morgan fingerprint density at radius 2 is 2.00 bits per heavy atom. The van der Waals surface area contributed by atoms with Gasteiger partial charge in [-0.2, -0.15) is 0 Å². The molecule has 1 fully saturated rings. The smallest absolute Gasteiger partial charge is 0.158 e. The van der Waals surface area contributed by atoms with Gasteiger partial charge in [0.15, 0.2) is 5.82 Å². The van der Waals surface area contributed by atoms with Crippen LogP contribution in [0, 0.1) is 5.92 Å². The Morgan fingerprint density at radius 1 is 1.30 bits per heavy atom. The minimum Gasteiger partial charge on any atom is -0.377 e. The lowest BCUT2D eigenvalue weighted by Crippen LogP contribution is -2.24. The van der Waals surface area contributed by atoms with Crippen molar-refractivity contribution in [2.45, 2.75) is 52.2 Å². The van der Waals surface area contributed by atoms with Gasteiger partial charge >= 0.3 is 0 Å². The highest BCUT2D eigenvalue weighted by Crippen LogP contribution is 2.29. The zero-order valence-electron chi connectivity index (χ0n) is 12.8. The Bertz CT molecular complexity index is 394. The van der Waals surface area contributed by atoms with Gasteiger partial charge in [-0.25, -0.2) is 9.97 Å². The number of methoxy groups -OCH3 is 1. The molecule has 1 heterocycles. The summed E-state index contributed by atoms with van der Waals surface area (Å²) in [5.41, 5.74) is 0. The molecule has 2 N–H and O–H groups in total. The minimum absolute atomic E-state index is 0.436. The summed E-state index contributed by atoms with van der Waals surface area (Å²) < 4.78 is 5.14. The normalized spacial score (nSPS) is 17.1. The zero-order chi connectivity index (χ0) is 14.4. The largest absolute Gasteiger partial charge is 0.377 e. The summed E-state index contributed by atoms with van der Waals surface area (Å²) in [6, 6.07) is 2.44. The van der Waals surface area contributed by atoms with Crippen LogP contribution in [0.3, 0.4) is 0 Å². The van der Waals surface area contributed by atoms with Crippen LogP contribution in [0.2, 0.25) is 0 Å². The van der Waals surface area contributed by atoms with E-state index in [1.165, 1.54) is 25.7 Å². The van der Waals surface area contributed by atoms with E-state index in [-0.39, 0.29) is 0 Å². The highest BCUT2D eigenvalue weighted by atomic mass is 16.5. The number of hydrogen-bond acceptors (Lipinski definition) is 5. The first kappa shape index (κ1) is 15.0. The van der Waals surface area contributed by atoms with E-state index >= 15 is 0 Å². The molecule has 5 heteroatoms. The van der Waals surface area contributed by atoms with Crippen LogP contribution in [0.25, 0.3) is 0 Å². The van der Waals surface area contributed by atoms with Crippen LogP contribution >= 0.6 is 0 Å². The lowest BCUT2D eigenvalue weighted by atomic mass is 10.00. The van der Waals surface area contributed by atoms with Gasteiger partial charge in [0.1, 0.15) is 18.2 Å². The number of anilines is 2. The van der Waals surface area contributed by atoms with E-state index < -0.39 is 0 Å². The second-order valence-electron chi connectivity index (χ2n) is 5.50. The van der Waals surface area contributed by atoms with E-state index in [9.17, 15) is 0 Å². The molecule has 2 rings (SSSR count). The number of nitrogens with one attached hydrogen (secondary N) is 2. The van der Waals surface area contributed by atoms with Crippen molar-refractivity contribution in [1.82, 2.24) is 9.97 Å². The van der Waals surface area contributed by atoms with Crippen molar-refractivity contribution in [3.05, 3.63) is 11.9 Å². The third kappa shape index (κ3) is 4.07. The first-order chi connectivity index (χ1) is 9.72. The van der Waals surface area contributed by atoms with Crippen molar-refractivity contribution in [3.63, 3.8) is 0 Å². The molecule has 1 aromatic heterocycles. The Kier molecular flexibility index (Phi) is 5.59. The standard InChI is InChI=1S/C15H26N4O/c1-4-16-13-9-14(19-15(18-13)10-20-3)17-11(2)12-7-5-6-8-12/h9,11-12H,4-8,10H2,1-3H3,(H2,16,17,18,19). The third-order valence-corrected chi connectivity index (χ3v) is 3.89. The van der Waals surface area contributed by atoms with Crippen molar-refractivity contribution >= 4 is 11.6 Å². The van der Waals surface area contributed by atoms with Crippen molar-refractivity contribution in [1.29, 1.82) is 0 Å². The first-order valence-corrected chi connectivity index (χ1v) is 7.60. The summed E-state index contributed by atoms with van der Waals surface area (Å²) in [7, 11) is 1.66. The van der Waals surface area contributed by atoms with Gasteiger partial charge < -0.3 is 15.4 Å². The van der Waals surface area contributed by atoms with Gasteiger partial charge in [-0.3, -0.25) is 0 Å².